The van der Waals surface area contributed by atoms with Gasteiger partial charge in [-0.1, -0.05) is 18.7 Å². The maximum absolute atomic E-state index is 4.41. The molecule has 3 fully saturated rings. The molecule has 0 radical (unpaired) electrons. The van der Waals surface area contributed by atoms with Gasteiger partial charge in [0.15, 0.2) is 0 Å². The normalized spacial score (nSPS) is 36.3. The van der Waals surface area contributed by atoms with E-state index in [4.69, 9.17) is 0 Å². The SMILES string of the molecule is C=C(C)CC1CC2C(=C)N3CC(NC)CC3C(=C)N2C1. The Balaban J connectivity index is 1.78. The fourth-order valence-corrected chi connectivity index (χ4v) is 4.26. The van der Waals surface area contributed by atoms with Crippen LogP contribution < -0.4 is 5.32 Å². The second kappa shape index (κ2) is 4.96. The number of rotatable bonds is 3. The molecule has 3 aliphatic rings. The van der Waals surface area contributed by atoms with E-state index in [1.165, 1.54) is 23.4 Å². The fraction of sp³-hybridized carbons (Fsp3) is 0.647. The predicted molar refractivity (Wildman–Crippen MR) is 84.3 cm³/mol. The number of nitrogens with zero attached hydrogens (tertiary/aromatic N) is 2. The van der Waals surface area contributed by atoms with Gasteiger partial charge in [0, 0.05) is 30.5 Å². The topological polar surface area (TPSA) is 18.5 Å². The van der Waals surface area contributed by atoms with E-state index in [2.05, 4.69) is 48.8 Å². The van der Waals surface area contributed by atoms with Gasteiger partial charge >= 0.3 is 0 Å². The molecule has 0 saturated carbocycles. The summed E-state index contributed by atoms with van der Waals surface area (Å²) in [6.07, 6.45) is 3.50. The van der Waals surface area contributed by atoms with Crippen molar-refractivity contribution < 1.29 is 0 Å². The average molecular weight is 273 g/mol. The van der Waals surface area contributed by atoms with Crippen molar-refractivity contribution in [3.05, 3.63) is 36.7 Å². The Morgan fingerprint density at radius 3 is 2.35 bits per heavy atom. The average Bonchev–Trinajstić information content (AvgIpc) is 2.99. The second-order valence-electron chi connectivity index (χ2n) is 6.80. The van der Waals surface area contributed by atoms with Crippen LogP contribution in [-0.4, -0.2) is 48.1 Å². The molecule has 0 amide bonds. The minimum absolute atomic E-state index is 0.458. The van der Waals surface area contributed by atoms with Crippen LogP contribution in [0.4, 0.5) is 0 Å². The lowest BCUT2D eigenvalue weighted by Gasteiger charge is -2.45. The lowest BCUT2D eigenvalue weighted by Crippen LogP contribution is -2.49. The van der Waals surface area contributed by atoms with Crippen molar-refractivity contribution in [2.45, 2.75) is 44.3 Å². The first kappa shape index (κ1) is 13.7. The van der Waals surface area contributed by atoms with Crippen LogP contribution in [0.2, 0.25) is 0 Å². The lowest BCUT2D eigenvalue weighted by molar-refractivity contribution is 0.178. The van der Waals surface area contributed by atoms with Crippen LogP contribution in [0.1, 0.15) is 26.2 Å². The summed E-state index contributed by atoms with van der Waals surface area (Å²) in [7, 11) is 2.05. The predicted octanol–water partition coefficient (Wildman–Crippen LogP) is 2.35. The summed E-state index contributed by atoms with van der Waals surface area (Å²) in [5.41, 5.74) is 3.91. The van der Waals surface area contributed by atoms with Gasteiger partial charge in [0.2, 0.25) is 0 Å². The molecule has 0 aromatic carbocycles. The number of fused-ring (bicyclic) bond motifs is 2. The number of hydrogen-bond acceptors (Lipinski definition) is 3. The highest BCUT2D eigenvalue weighted by Crippen LogP contribution is 2.43. The first-order valence-corrected chi connectivity index (χ1v) is 7.73. The van der Waals surface area contributed by atoms with Crippen LogP contribution in [-0.2, 0) is 0 Å². The largest absolute Gasteiger partial charge is 0.365 e. The van der Waals surface area contributed by atoms with E-state index in [1.54, 1.807) is 0 Å². The molecule has 4 atom stereocenters. The minimum atomic E-state index is 0.458. The summed E-state index contributed by atoms with van der Waals surface area (Å²) in [4.78, 5) is 5.02. The number of likely N-dealkylation sites (N-methyl/N-ethyl adjacent to an activating group) is 1. The van der Waals surface area contributed by atoms with Crippen molar-refractivity contribution in [3.63, 3.8) is 0 Å². The van der Waals surface area contributed by atoms with Crippen LogP contribution in [0.25, 0.3) is 0 Å². The fourth-order valence-electron chi connectivity index (χ4n) is 4.26. The van der Waals surface area contributed by atoms with Crippen molar-refractivity contribution in [2.24, 2.45) is 5.92 Å². The molecule has 3 heteroatoms. The zero-order chi connectivity index (χ0) is 14.4. The van der Waals surface area contributed by atoms with Gasteiger partial charge in [0.1, 0.15) is 0 Å². The van der Waals surface area contributed by atoms with E-state index in [0.29, 0.717) is 24.0 Å². The van der Waals surface area contributed by atoms with Crippen molar-refractivity contribution in [1.82, 2.24) is 15.1 Å². The van der Waals surface area contributed by atoms with Crippen LogP contribution in [0.15, 0.2) is 36.7 Å². The Bertz CT molecular complexity index is 421. The van der Waals surface area contributed by atoms with Crippen molar-refractivity contribution >= 4 is 0 Å². The molecule has 0 spiro atoms. The first-order chi connectivity index (χ1) is 9.51. The van der Waals surface area contributed by atoms with E-state index in [0.717, 1.165) is 25.9 Å². The molecular formula is C17H27N3. The molecule has 0 aromatic heterocycles. The molecule has 3 heterocycles. The van der Waals surface area contributed by atoms with Gasteiger partial charge in [-0.25, -0.2) is 0 Å². The summed E-state index contributed by atoms with van der Waals surface area (Å²) in [5.74, 6) is 0.714. The molecule has 0 aliphatic carbocycles. The van der Waals surface area contributed by atoms with Gasteiger partial charge in [-0.15, -0.1) is 6.58 Å². The number of allylic oxidation sites excluding steroid dienone is 1. The van der Waals surface area contributed by atoms with Crippen LogP contribution in [0, 0.1) is 5.92 Å². The molecule has 0 bridgehead atoms. The summed E-state index contributed by atoms with van der Waals surface area (Å²) in [6, 6.07) is 1.50. The Kier molecular flexibility index (Phi) is 3.41. The van der Waals surface area contributed by atoms with Gasteiger partial charge in [0.05, 0.1) is 12.1 Å². The summed E-state index contributed by atoms with van der Waals surface area (Å²) in [5, 5.41) is 3.41. The Morgan fingerprint density at radius 1 is 1.15 bits per heavy atom. The van der Waals surface area contributed by atoms with E-state index in [9.17, 15) is 0 Å². The second-order valence-corrected chi connectivity index (χ2v) is 6.80. The van der Waals surface area contributed by atoms with Gasteiger partial charge in [-0.3, -0.25) is 0 Å². The van der Waals surface area contributed by atoms with Gasteiger partial charge in [0.25, 0.3) is 0 Å². The highest BCUT2D eigenvalue weighted by atomic mass is 15.4. The highest BCUT2D eigenvalue weighted by Gasteiger charge is 2.47. The molecule has 3 nitrogen and oxygen atoms in total. The van der Waals surface area contributed by atoms with Crippen LogP contribution in [0.3, 0.4) is 0 Å². The van der Waals surface area contributed by atoms with E-state index < -0.39 is 0 Å². The van der Waals surface area contributed by atoms with Crippen molar-refractivity contribution in [1.29, 1.82) is 0 Å². The van der Waals surface area contributed by atoms with Gasteiger partial charge in [-0.2, -0.15) is 0 Å². The molecule has 3 saturated heterocycles. The third-order valence-corrected chi connectivity index (χ3v) is 5.24. The number of nitrogens with one attached hydrogen (secondary N) is 1. The smallest absolute Gasteiger partial charge is 0.0698 e. The number of piperazine rings is 1. The minimum Gasteiger partial charge on any atom is -0.365 e. The van der Waals surface area contributed by atoms with Gasteiger partial charge in [-0.05, 0) is 39.2 Å². The standard InChI is InChI=1S/C17H27N3/c1-11(2)6-14-7-16-12(3)20-10-15(18-5)8-17(20)13(4)19(16)9-14/h14-18H,1,3-4,6-10H2,2,5H3. The molecule has 3 rings (SSSR count). The summed E-state index contributed by atoms with van der Waals surface area (Å²) < 4.78 is 0. The molecule has 20 heavy (non-hydrogen) atoms. The summed E-state index contributed by atoms with van der Waals surface area (Å²) >= 11 is 0. The van der Waals surface area contributed by atoms with Crippen molar-refractivity contribution in [2.75, 3.05) is 20.1 Å². The monoisotopic (exact) mass is 273 g/mol. The highest BCUT2D eigenvalue weighted by molar-refractivity contribution is 5.28. The van der Waals surface area contributed by atoms with Crippen molar-refractivity contribution in [3.8, 4) is 0 Å². The number of hydrogen-bond donors (Lipinski definition) is 1. The summed E-state index contributed by atoms with van der Waals surface area (Å²) in [6.45, 7) is 17.2. The lowest BCUT2D eigenvalue weighted by atomic mass is 9.96. The third-order valence-electron chi connectivity index (χ3n) is 5.24. The Labute approximate surface area is 123 Å². The van der Waals surface area contributed by atoms with E-state index >= 15 is 0 Å². The molecule has 4 unspecified atom stereocenters. The van der Waals surface area contributed by atoms with Crippen LogP contribution >= 0.6 is 0 Å². The maximum atomic E-state index is 4.41. The molecular weight excluding hydrogens is 246 g/mol. The maximum Gasteiger partial charge on any atom is 0.0698 e. The quantitative estimate of drug-likeness (QED) is 0.796. The van der Waals surface area contributed by atoms with E-state index in [1.807, 2.05) is 0 Å². The molecule has 1 N–H and O–H groups in total. The zero-order valence-corrected chi connectivity index (χ0v) is 12.9. The molecule has 0 aromatic rings. The third kappa shape index (κ3) is 2.08. The molecule has 110 valence electrons. The van der Waals surface area contributed by atoms with E-state index in [-0.39, 0.29) is 0 Å². The Hall–Kier alpha value is -1.22. The first-order valence-electron chi connectivity index (χ1n) is 7.73. The van der Waals surface area contributed by atoms with Gasteiger partial charge < -0.3 is 15.1 Å². The Morgan fingerprint density at radius 2 is 1.75 bits per heavy atom. The zero-order valence-electron chi connectivity index (χ0n) is 12.9. The van der Waals surface area contributed by atoms with Crippen LogP contribution in [0.5, 0.6) is 0 Å². The molecule has 3 aliphatic heterocycles.